The van der Waals surface area contributed by atoms with E-state index < -0.39 is 5.97 Å². The summed E-state index contributed by atoms with van der Waals surface area (Å²) < 4.78 is 0. The molecule has 1 aliphatic heterocycles. The highest BCUT2D eigenvalue weighted by Gasteiger charge is 2.26. The van der Waals surface area contributed by atoms with E-state index in [1.54, 1.807) is 4.90 Å². The van der Waals surface area contributed by atoms with Crippen LogP contribution in [0.15, 0.2) is 5.51 Å². The first-order valence-electron chi connectivity index (χ1n) is 5.24. The van der Waals surface area contributed by atoms with Gasteiger partial charge in [0.1, 0.15) is 4.88 Å². The molecule has 2 heterocycles. The first-order chi connectivity index (χ1) is 8.09. The van der Waals surface area contributed by atoms with Gasteiger partial charge in [0.2, 0.25) is 0 Å². The topological polar surface area (TPSA) is 73.7 Å². The monoisotopic (exact) mass is 255 g/mol. The smallest absolute Gasteiger partial charge is 0.356 e. The number of rotatable bonds is 2. The van der Waals surface area contributed by atoms with E-state index in [-0.39, 0.29) is 16.5 Å². The van der Waals surface area contributed by atoms with Crippen LogP contribution in [0.25, 0.3) is 0 Å². The Morgan fingerprint density at radius 1 is 1.35 bits per heavy atom. The zero-order chi connectivity index (χ0) is 12.4. The van der Waals surface area contributed by atoms with Crippen LogP contribution in [-0.2, 0) is 0 Å². The first kappa shape index (κ1) is 12.0. The zero-order valence-corrected chi connectivity index (χ0v) is 10.2. The minimum atomic E-state index is -1.15. The third-order valence-electron chi connectivity index (χ3n) is 2.75. The Morgan fingerprint density at radius 3 is 2.59 bits per heavy atom. The highest BCUT2D eigenvalue weighted by atomic mass is 32.1. The summed E-state index contributed by atoms with van der Waals surface area (Å²) in [5.74, 6) is -1.37. The molecule has 0 bridgehead atoms. The first-order valence-corrected chi connectivity index (χ1v) is 6.12. The summed E-state index contributed by atoms with van der Waals surface area (Å²) in [5.41, 5.74) is 1.26. The van der Waals surface area contributed by atoms with Crippen LogP contribution in [0.2, 0.25) is 0 Å². The molecule has 1 saturated heterocycles. The van der Waals surface area contributed by atoms with Crippen LogP contribution in [0.3, 0.4) is 0 Å². The van der Waals surface area contributed by atoms with Crippen molar-refractivity contribution >= 4 is 23.2 Å². The molecular weight excluding hydrogens is 242 g/mol. The van der Waals surface area contributed by atoms with Crippen molar-refractivity contribution in [3.63, 3.8) is 0 Å². The average Bonchev–Trinajstić information content (AvgIpc) is 2.78. The quantitative estimate of drug-likeness (QED) is 0.819. The lowest BCUT2D eigenvalue weighted by Crippen LogP contribution is -2.47. The number of aromatic nitrogens is 1. The van der Waals surface area contributed by atoms with Crippen molar-refractivity contribution in [1.29, 1.82) is 0 Å². The number of amides is 1. The molecule has 1 aliphatic rings. The molecule has 0 radical (unpaired) electrons. The lowest BCUT2D eigenvalue weighted by molar-refractivity contribution is 0.0637. The van der Waals surface area contributed by atoms with Crippen LogP contribution >= 0.6 is 11.3 Å². The molecule has 92 valence electrons. The van der Waals surface area contributed by atoms with Gasteiger partial charge in [0, 0.05) is 26.2 Å². The van der Waals surface area contributed by atoms with Crippen LogP contribution < -0.4 is 0 Å². The SMILES string of the molecule is CN1CCN(C(=O)c2scnc2C(=O)O)CC1. The summed E-state index contributed by atoms with van der Waals surface area (Å²) in [4.78, 5) is 30.7. The zero-order valence-electron chi connectivity index (χ0n) is 9.42. The summed E-state index contributed by atoms with van der Waals surface area (Å²) in [6.07, 6.45) is 0. The lowest BCUT2D eigenvalue weighted by Gasteiger charge is -2.32. The van der Waals surface area contributed by atoms with Crippen molar-refractivity contribution in [2.75, 3.05) is 33.2 Å². The second kappa shape index (κ2) is 4.80. The van der Waals surface area contributed by atoms with Crippen molar-refractivity contribution in [3.8, 4) is 0 Å². The van der Waals surface area contributed by atoms with Gasteiger partial charge in [-0.05, 0) is 7.05 Å². The van der Waals surface area contributed by atoms with Gasteiger partial charge in [0.15, 0.2) is 5.69 Å². The molecule has 17 heavy (non-hydrogen) atoms. The van der Waals surface area contributed by atoms with Gasteiger partial charge in [-0.1, -0.05) is 0 Å². The summed E-state index contributed by atoms with van der Waals surface area (Å²) in [6, 6.07) is 0. The molecule has 0 spiro atoms. The molecule has 1 aromatic rings. The normalized spacial score (nSPS) is 17.1. The number of thiazole rings is 1. The van der Waals surface area contributed by atoms with Gasteiger partial charge < -0.3 is 14.9 Å². The second-order valence-electron chi connectivity index (χ2n) is 3.93. The van der Waals surface area contributed by atoms with E-state index in [1.807, 2.05) is 7.05 Å². The van der Waals surface area contributed by atoms with Crippen LogP contribution in [0.5, 0.6) is 0 Å². The molecule has 1 aromatic heterocycles. The fraction of sp³-hybridized carbons (Fsp3) is 0.500. The Morgan fingerprint density at radius 2 is 2.00 bits per heavy atom. The average molecular weight is 255 g/mol. The Kier molecular flexibility index (Phi) is 3.39. The largest absolute Gasteiger partial charge is 0.476 e. The van der Waals surface area contributed by atoms with Gasteiger partial charge in [-0.2, -0.15) is 0 Å². The fourth-order valence-electron chi connectivity index (χ4n) is 1.70. The molecule has 6 nitrogen and oxygen atoms in total. The Labute approximate surface area is 102 Å². The number of likely N-dealkylation sites (N-methyl/N-ethyl adjacent to an activating group) is 1. The highest BCUT2D eigenvalue weighted by molar-refractivity contribution is 7.12. The number of hydrogen-bond acceptors (Lipinski definition) is 5. The highest BCUT2D eigenvalue weighted by Crippen LogP contribution is 2.17. The van der Waals surface area contributed by atoms with E-state index >= 15 is 0 Å². The van der Waals surface area contributed by atoms with Gasteiger partial charge >= 0.3 is 5.97 Å². The van der Waals surface area contributed by atoms with Crippen LogP contribution in [-0.4, -0.2) is 65.0 Å². The number of carbonyl (C=O) groups excluding carboxylic acids is 1. The number of nitrogens with zero attached hydrogens (tertiary/aromatic N) is 3. The van der Waals surface area contributed by atoms with E-state index in [9.17, 15) is 9.59 Å². The van der Waals surface area contributed by atoms with E-state index in [0.29, 0.717) is 13.1 Å². The third-order valence-corrected chi connectivity index (χ3v) is 3.57. The molecule has 1 fully saturated rings. The number of hydrogen-bond donors (Lipinski definition) is 1. The maximum atomic E-state index is 12.1. The molecule has 1 amide bonds. The van der Waals surface area contributed by atoms with Gasteiger partial charge in [-0.3, -0.25) is 4.79 Å². The maximum Gasteiger partial charge on any atom is 0.356 e. The Bertz CT molecular complexity index is 438. The van der Waals surface area contributed by atoms with Gasteiger partial charge in [-0.25, -0.2) is 9.78 Å². The van der Waals surface area contributed by atoms with Crippen LogP contribution in [0, 0.1) is 0 Å². The van der Waals surface area contributed by atoms with Gasteiger partial charge in [0.25, 0.3) is 5.91 Å². The van der Waals surface area contributed by atoms with Crippen LogP contribution in [0.1, 0.15) is 20.2 Å². The number of aromatic carboxylic acids is 1. The molecule has 0 aliphatic carbocycles. The third kappa shape index (κ3) is 2.45. The molecule has 1 N–H and O–H groups in total. The van der Waals surface area contributed by atoms with Gasteiger partial charge in [0.05, 0.1) is 5.51 Å². The predicted molar refractivity (Wildman–Crippen MR) is 62.5 cm³/mol. The molecule has 0 aromatic carbocycles. The van der Waals surface area contributed by atoms with Gasteiger partial charge in [-0.15, -0.1) is 11.3 Å². The maximum absolute atomic E-state index is 12.1. The van der Waals surface area contributed by atoms with Crippen molar-refractivity contribution in [2.24, 2.45) is 0 Å². The Hall–Kier alpha value is -1.47. The molecule has 0 unspecified atom stereocenters. The fourth-order valence-corrected chi connectivity index (χ4v) is 2.45. The van der Waals surface area contributed by atoms with E-state index in [4.69, 9.17) is 5.11 Å². The van der Waals surface area contributed by atoms with Crippen molar-refractivity contribution in [2.45, 2.75) is 0 Å². The lowest BCUT2D eigenvalue weighted by atomic mass is 10.2. The number of carboxylic acids is 1. The summed E-state index contributed by atoms with van der Waals surface area (Å²) >= 11 is 1.08. The van der Waals surface area contributed by atoms with Crippen LogP contribution in [0.4, 0.5) is 0 Å². The van der Waals surface area contributed by atoms with E-state index in [1.165, 1.54) is 5.51 Å². The number of carboxylic acid groups (broad SMARTS) is 1. The second-order valence-corrected chi connectivity index (χ2v) is 4.79. The summed E-state index contributed by atoms with van der Waals surface area (Å²) in [7, 11) is 2.00. The number of carbonyl (C=O) groups is 2. The number of piperazine rings is 1. The minimum absolute atomic E-state index is 0.140. The molecule has 7 heteroatoms. The van der Waals surface area contributed by atoms with E-state index in [2.05, 4.69) is 9.88 Å². The molecular formula is C10H13N3O3S. The van der Waals surface area contributed by atoms with Crippen molar-refractivity contribution in [1.82, 2.24) is 14.8 Å². The molecule has 2 rings (SSSR count). The summed E-state index contributed by atoms with van der Waals surface area (Å²) in [6.45, 7) is 2.89. The Balaban J connectivity index is 2.14. The summed E-state index contributed by atoms with van der Waals surface area (Å²) in [5, 5.41) is 8.91. The molecule has 0 atom stereocenters. The molecule has 0 saturated carbocycles. The van der Waals surface area contributed by atoms with E-state index in [0.717, 1.165) is 24.4 Å². The predicted octanol–water partition coefficient (Wildman–Crippen LogP) is 0.229. The standard InChI is InChI=1S/C10H13N3O3S/c1-12-2-4-13(5-3-12)9(14)8-7(10(15)16)11-6-17-8/h6H,2-5H2,1H3,(H,15,16). The van der Waals surface area contributed by atoms with Crippen molar-refractivity contribution in [3.05, 3.63) is 16.1 Å². The minimum Gasteiger partial charge on any atom is -0.476 e. The van der Waals surface area contributed by atoms with Crippen molar-refractivity contribution < 1.29 is 14.7 Å².